The lowest BCUT2D eigenvalue weighted by Crippen LogP contribution is -2.50. The molecule has 128 valence electrons. The predicted molar refractivity (Wildman–Crippen MR) is 92.0 cm³/mol. The fraction of sp³-hybridized carbons (Fsp3) is 0.632. The van der Waals surface area contributed by atoms with Crippen LogP contribution in [0.1, 0.15) is 49.4 Å². The Morgan fingerprint density at radius 2 is 2.04 bits per heavy atom. The third-order valence-electron chi connectivity index (χ3n) is 5.95. The van der Waals surface area contributed by atoms with E-state index in [1.165, 1.54) is 19.3 Å². The van der Waals surface area contributed by atoms with E-state index in [1.807, 2.05) is 12.1 Å². The Bertz CT molecular complexity index is 639. The smallest absolute Gasteiger partial charge is 0.227 e. The molecule has 0 N–H and O–H groups in total. The van der Waals surface area contributed by atoms with E-state index in [0.717, 1.165) is 44.2 Å². The van der Waals surface area contributed by atoms with E-state index in [-0.39, 0.29) is 11.7 Å². The molecule has 0 aromatic carbocycles. The topological polar surface area (TPSA) is 53.5 Å². The molecule has 2 bridgehead atoms. The maximum atomic E-state index is 12.8. The molecule has 5 rings (SSSR count). The molecular weight excluding hydrogens is 302 g/mol. The van der Waals surface area contributed by atoms with Crippen molar-refractivity contribution in [1.82, 2.24) is 9.88 Å². The number of amides is 1. The van der Waals surface area contributed by atoms with Gasteiger partial charge in [0, 0.05) is 37.4 Å². The second-order valence-corrected chi connectivity index (χ2v) is 7.58. The van der Waals surface area contributed by atoms with Gasteiger partial charge in [-0.3, -0.25) is 9.59 Å². The molecule has 1 aromatic rings. The van der Waals surface area contributed by atoms with Crippen molar-refractivity contribution in [3.05, 3.63) is 23.9 Å². The Balaban J connectivity index is 1.52. The normalized spacial score (nSPS) is 27.1. The average molecular weight is 327 g/mol. The molecule has 3 saturated heterocycles. The molecule has 0 spiro atoms. The largest absolute Gasteiger partial charge is 0.354 e. The van der Waals surface area contributed by atoms with E-state index in [1.54, 1.807) is 13.1 Å². The molecule has 0 unspecified atom stereocenters. The van der Waals surface area contributed by atoms with Gasteiger partial charge in [0.15, 0.2) is 5.78 Å². The number of pyridine rings is 1. The minimum Gasteiger partial charge on any atom is -0.354 e. The van der Waals surface area contributed by atoms with E-state index in [2.05, 4.69) is 14.8 Å². The van der Waals surface area contributed by atoms with Gasteiger partial charge in [-0.1, -0.05) is 6.42 Å². The highest BCUT2D eigenvalue weighted by Crippen LogP contribution is 2.34. The Kier molecular flexibility index (Phi) is 4.02. The highest BCUT2D eigenvalue weighted by atomic mass is 16.2. The first-order chi connectivity index (χ1) is 11.6. The van der Waals surface area contributed by atoms with Crippen LogP contribution in [0.5, 0.6) is 0 Å². The van der Waals surface area contributed by atoms with Crippen LogP contribution in [0.4, 0.5) is 5.82 Å². The number of hydrogen-bond acceptors (Lipinski definition) is 4. The van der Waals surface area contributed by atoms with Gasteiger partial charge in [0.05, 0.1) is 5.92 Å². The third kappa shape index (κ3) is 2.80. The van der Waals surface area contributed by atoms with Crippen molar-refractivity contribution in [2.24, 2.45) is 11.8 Å². The van der Waals surface area contributed by atoms with Gasteiger partial charge < -0.3 is 9.80 Å². The molecule has 0 radical (unpaired) electrons. The lowest BCUT2D eigenvalue weighted by molar-refractivity contribution is -0.141. The summed E-state index contributed by atoms with van der Waals surface area (Å²) < 4.78 is 0. The van der Waals surface area contributed by atoms with Crippen LogP contribution < -0.4 is 4.90 Å². The van der Waals surface area contributed by atoms with Gasteiger partial charge >= 0.3 is 0 Å². The van der Waals surface area contributed by atoms with E-state index < -0.39 is 0 Å². The molecule has 5 nitrogen and oxygen atoms in total. The van der Waals surface area contributed by atoms with Crippen molar-refractivity contribution in [2.75, 3.05) is 24.5 Å². The van der Waals surface area contributed by atoms with E-state index in [9.17, 15) is 9.59 Å². The summed E-state index contributed by atoms with van der Waals surface area (Å²) in [5, 5.41) is 0. The zero-order valence-electron chi connectivity index (χ0n) is 14.3. The zero-order valence-corrected chi connectivity index (χ0v) is 14.3. The second-order valence-electron chi connectivity index (χ2n) is 7.58. The number of nitrogens with zero attached hydrogens (tertiary/aromatic N) is 3. The Morgan fingerprint density at radius 1 is 1.21 bits per heavy atom. The molecule has 4 fully saturated rings. The van der Waals surface area contributed by atoms with Gasteiger partial charge in [0.2, 0.25) is 5.91 Å². The average Bonchev–Trinajstić information content (AvgIpc) is 2.83. The first kappa shape index (κ1) is 15.6. The van der Waals surface area contributed by atoms with Gasteiger partial charge in [-0.05, 0) is 50.7 Å². The summed E-state index contributed by atoms with van der Waals surface area (Å²) >= 11 is 0. The van der Waals surface area contributed by atoms with Crippen LogP contribution in [0.3, 0.4) is 0 Å². The SMILES string of the molecule is CC(=O)c1ccc(N2C[C@@H]3CC[C@H](C2)N(CC2CCC2)C3=O)nc1. The molecule has 3 aliphatic heterocycles. The third-order valence-corrected chi connectivity index (χ3v) is 5.95. The summed E-state index contributed by atoms with van der Waals surface area (Å²) in [6.45, 7) is 4.12. The van der Waals surface area contributed by atoms with Crippen molar-refractivity contribution in [2.45, 2.75) is 45.1 Å². The zero-order chi connectivity index (χ0) is 16.7. The molecule has 1 saturated carbocycles. The number of carbonyl (C=O) groups excluding carboxylic acids is 2. The van der Waals surface area contributed by atoms with Crippen LogP contribution in [0, 0.1) is 11.8 Å². The number of carbonyl (C=O) groups is 2. The number of fused-ring (bicyclic) bond motifs is 4. The number of hydrogen-bond donors (Lipinski definition) is 0. The van der Waals surface area contributed by atoms with Crippen molar-refractivity contribution in [3.8, 4) is 0 Å². The molecule has 2 atom stereocenters. The highest BCUT2D eigenvalue weighted by molar-refractivity contribution is 5.93. The van der Waals surface area contributed by atoms with Crippen LogP contribution in [0.25, 0.3) is 0 Å². The Labute approximate surface area is 143 Å². The molecule has 24 heavy (non-hydrogen) atoms. The van der Waals surface area contributed by atoms with E-state index >= 15 is 0 Å². The van der Waals surface area contributed by atoms with Crippen LogP contribution in [0.2, 0.25) is 0 Å². The monoisotopic (exact) mass is 327 g/mol. The molecule has 5 heteroatoms. The Hall–Kier alpha value is -1.91. The number of piperidine rings is 1. The minimum atomic E-state index is 0.0341. The highest BCUT2D eigenvalue weighted by Gasteiger charge is 2.42. The lowest BCUT2D eigenvalue weighted by atomic mass is 9.83. The number of rotatable bonds is 4. The summed E-state index contributed by atoms with van der Waals surface area (Å²) in [4.78, 5) is 33.1. The molecule has 4 heterocycles. The fourth-order valence-electron chi connectivity index (χ4n) is 4.20. The molecule has 1 aromatic heterocycles. The maximum absolute atomic E-state index is 12.8. The summed E-state index contributed by atoms with van der Waals surface area (Å²) in [6, 6.07) is 4.07. The van der Waals surface area contributed by atoms with E-state index in [0.29, 0.717) is 17.5 Å². The van der Waals surface area contributed by atoms with Gasteiger partial charge in [-0.25, -0.2) is 4.98 Å². The minimum absolute atomic E-state index is 0.0341. The van der Waals surface area contributed by atoms with E-state index in [4.69, 9.17) is 0 Å². The fourth-order valence-corrected chi connectivity index (χ4v) is 4.20. The maximum Gasteiger partial charge on any atom is 0.227 e. The summed E-state index contributed by atoms with van der Waals surface area (Å²) in [5.74, 6) is 2.08. The van der Waals surface area contributed by atoms with Crippen molar-refractivity contribution in [1.29, 1.82) is 0 Å². The number of anilines is 1. The summed E-state index contributed by atoms with van der Waals surface area (Å²) in [5.41, 5.74) is 0.638. The standard InChI is InChI=1S/C19H25N3O2/c1-13(23)15-6-8-18(20-9-15)21-11-16-5-7-17(12-21)22(19(16)24)10-14-3-2-4-14/h6,8-9,14,16-17H,2-5,7,10-12H2,1H3/t16-,17+/m0/s1. The first-order valence-corrected chi connectivity index (χ1v) is 9.14. The van der Waals surface area contributed by atoms with Crippen LogP contribution in [-0.4, -0.2) is 47.3 Å². The van der Waals surface area contributed by atoms with Crippen molar-refractivity contribution < 1.29 is 9.59 Å². The number of Topliss-reactive ketones (excluding diaryl/α,β-unsaturated/α-hetero) is 1. The quantitative estimate of drug-likeness (QED) is 0.798. The summed E-state index contributed by atoms with van der Waals surface area (Å²) in [6.07, 6.45) is 7.62. The van der Waals surface area contributed by atoms with Crippen LogP contribution >= 0.6 is 0 Å². The molecule has 1 aliphatic carbocycles. The van der Waals surface area contributed by atoms with Crippen LogP contribution in [-0.2, 0) is 4.79 Å². The second kappa shape index (κ2) is 6.19. The molecular formula is C19H25N3O2. The van der Waals surface area contributed by atoms with Gasteiger partial charge in [-0.2, -0.15) is 0 Å². The number of ketones is 1. The first-order valence-electron chi connectivity index (χ1n) is 9.14. The molecule has 1 amide bonds. The van der Waals surface area contributed by atoms with Gasteiger partial charge in [-0.15, -0.1) is 0 Å². The summed E-state index contributed by atoms with van der Waals surface area (Å²) in [7, 11) is 0. The number of aromatic nitrogens is 1. The van der Waals surface area contributed by atoms with Crippen molar-refractivity contribution >= 4 is 17.5 Å². The predicted octanol–water partition coefficient (Wildman–Crippen LogP) is 2.51. The van der Waals surface area contributed by atoms with Gasteiger partial charge in [0.1, 0.15) is 5.82 Å². The lowest BCUT2D eigenvalue weighted by Gasteiger charge is -2.40. The van der Waals surface area contributed by atoms with Gasteiger partial charge in [0.25, 0.3) is 0 Å². The van der Waals surface area contributed by atoms with Crippen LogP contribution in [0.15, 0.2) is 18.3 Å². The van der Waals surface area contributed by atoms with Crippen molar-refractivity contribution in [3.63, 3.8) is 0 Å². The Morgan fingerprint density at radius 3 is 2.67 bits per heavy atom. The molecule has 4 aliphatic rings.